The third-order valence-corrected chi connectivity index (χ3v) is 6.39. The SMILES string of the molecule is O=C(NC1=CCn2c1nc1c2NCCC1)c1cc2ccc(C(F)(F)F)nc2n1Cc1cccc(F)c1. The molecule has 0 unspecified atom stereocenters. The summed E-state index contributed by atoms with van der Waals surface area (Å²) in [7, 11) is 0. The van der Waals surface area contributed by atoms with Crippen molar-refractivity contribution in [3.63, 3.8) is 0 Å². The molecule has 2 aliphatic rings. The van der Waals surface area contributed by atoms with Crippen LogP contribution >= 0.6 is 0 Å². The summed E-state index contributed by atoms with van der Waals surface area (Å²) in [5.41, 5.74) is 0.980. The van der Waals surface area contributed by atoms with Crippen molar-refractivity contribution in [1.82, 2.24) is 24.4 Å². The molecular weight excluding hydrogens is 476 g/mol. The Kier molecular flexibility index (Phi) is 5.09. The number of aromatic nitrogens is 4. The van der Waals surface area contributed by atoms with Crippen molar-refractivity contribution in [2.75, 3.05) is 11.9 Å². The minimum atomic E-state index is -4.65. The van der Waals surface area contributed by atoms with E-state index in [-0.39, 0.29) is 17.9 Å². The van der Waals surface area contributed by atoms with E-state index in [0.717, 1.165) is 37.0 Å². The lowest BCUT2D eigenvalue weighted by Gasteiger charge is -2.14. The first-order chi connectivity index (χ1) is 17.3. The lowest BCUT2D eigenvalue weighted by molar-refractivity contribution is -0.141. The Morgan fingerprint density at radius 2 is 2.00 bits per heavy atom. The Balaban J connectivity index is 1.39. The molecule has 0 atom stereocenters. The number of carbonyl (C=O) groups excluding carboxylic acids is 1. The van der Waals surface area contributed by atoms with Crippen molar-refractivity contribution in [2.24, 2.45) is 0 Å². The molecule has 3 aromatic heterocycles. The van der Waals surface area contributed by atoms with Gasteiger partial charge in [-0.25, -0.2) is 14.4 Å². The maximum Gasteiger partial charge on any atom is 0.433 e. The van der Waals surface area contributed by atoms with Crippen LogP contribution in [-0.4, -0.2) is 31.6 Å². The highest BCUT2D eigenvalue weighted by Crippen LogP contribution is 2.32. The highest BCUT2D eigenvalue weighted by atomic mass is 19.4. The molecule has 6 rings (SSSR count). The molecule has 36 heavy (non-hydrogen) atoms. The van der Waals surface area contributed by atoms with Gasteiger partial charge in [0.1, 0.15) is 28.7 Å². The van der Waals surface area contributed by atoms with Gasteiger partial charge in [0, 0.05) is 25.0 Å². The number of benzene rings is 1. The smallest absolute Gasteiger partial charge is 0.370 e. The van der Waals surface area contributed by atoms with E-state index in [2.05, 4.69) is 20.6 Å². The van der Waals surface area contributed by atoms with Crippen LogP contribution < -0.4 is 10.6 Å². The molecule has 2 N–H and O–H groups in total. The number of carbonyl (C=O) groups is 1. The van der Waals surface area contributed by atoms with Crippen LogP contribution in [0.3, 0.4) is 0 Å². The third kappa shape index (κ3) is 3.80. The highest BCUT2D eigenvalue weighted by molar-refractivity contribution is 6.02. The van der Waals surface area contributed by atoms with Crippen LogP contribution in [0.25, 0.3) is 16.7 Å². The number of halogens is 4. The monoisotopic (exact) mass is 496 g/mol. The average molecular weight is 496 g/mol. The number of nitrogens with zero attached hydrogens (tertiary/aromatic N) is 4. The number of hydrogen-bond donors (Lipinski definition) is 2. The normalized spacial score (nSPS) is 14.8. The van der Waals surface area contributed by atoms with Gasteiger partial charge in [-0.15, -0.1) is 0 Å². The van der Waals surface area contributed by atoms with Gasteiger partial charge in [0.2, 0.25) is 0 Å². The summed E-state index contributed by atoms with van der Waals surface area (Å²) < 4.78 is 57.3. The predicted octanol–water partition coefficient (Wildman–Crippen LogP) is 4.58. The number of allylic oxidation sites excluding steroid dienone is 1. The van der Waals surface area contributed by atoms with Gasteiger partial charge < -0.3 is 19.8 Å². The molecule has 0 radical (unpaired) electrons. The van der Waals surface area contributed by atoms with Crippen LogP contribution in [0, 0.1) is 5.82 Å². The number of fused-ring (bicyclic) bond motifs is 4. The molecular formula is C25H20F4N6O. The second kappa shape index (κ2) is 8.21. The molecule has 0 aliphatic carbocycles. The molecule has 184 valence electrons. The molecule has 11 heteroatoms. The lowest BCUT2D eigenvalue weighted by Crippen LogP contribution is -2.25. The van der Waals surface area contributed by atoms with Crippen LogP contribution in [0.5, 0.6) is 0 Å². The van der Waals surface area contributed by atoms with Crippen molar-refractivity contribution in [2.45, 2.75) is 32.1 Å². The van der Waals surface area contributed by atoms with E-state index >= 15 is 0 Å². The zero-order chi connectivity index (χ0) is 25.0. The van der Waals surface area contributed by atoms with Gasteiger partial charge in [-0.2, -0.15) is 13.2 Å². The zero-order valence-corrected chi connectivity index (χ0v) is 18.9. The third-order valence-electron chi connectivity index (χ3n) is 6.39. The molecule has 0 saturated carbocycles. The van der Waals surface area contributed by atoms with E-state index in [1.54, 1.807) is 6.07 Å². The van der Waals surface area contributed by atoms with E-state index in [0.29, 0.717) is 29.0 Å². The number of imidazole rings is 1. The summed E-state index contributed by atoms with van der Waals surface area (Å²) in [5, 5.41) is 6.58. The molecule has 0 fully saturated rings. The molecule has 2 aliphatic heterocycles. The summed E-state index contributed by atoms with van der Waals surface area (Å²) in [6.45, 7) is 1.36. The minimum Gasteiger partial charge on any atom is -0.370 e. The fourth-order valence-electron chi connectivity index (χ4n) is 4.74. The maximum absolute atomic E-state index is 13.8. The van der Waals surface area contributed by atoms with Crippen LogP contribution in [0.15, 0.2) is 48.5 Å². The molecule has 1 aromatic carbocycles. The molecule has 0 saturated heterocycles. The van der Waals surface area contributed by atoms with Crippen molar-refractivity contribution in [3.8, 4) is 0 Å². The number of anilines is 1. The van der Waals surface area contributed by atoms with Gasteiger partial charge in [-0.1, -0.05) is 12.1 Å². The van der Waals surface area contributed by atoms with Crippen LogP contribution in [0.1, 0.15) is 39.7 Å². The van der Waals surface area contributed by atoms with Gasteiger partial charge in [0.25, 0.3) is 5.91 Å². The topological polar surface area (TPSA) is 76.8 Å². The van der Waals surface area contributed by atoms with E-state index < -0.39 is 23.6 Å². The molecule has 5 heterocycles. The van der Waals surface area contributed by atoms with Gasteiger partial charge >= 0.3 is 6.18 Å². The summed E-state index contributed by atoms with van der Waals surface area (Å²) in [4.78, 5) is 21.9. The number of hydrogen-bond acceptors (Lipinski definition) is 4. The van der Waals surface area contributed by atoms with E-state index in [1.807, 2.05) is 10.6 Å². The van der Waals surface area contributed by atoms with E-state index in [1.165, 1.54) is 34.9 Å². The van der Waals surface area contributed by atoms with Gasteiger partial charge in [-0.3, -0.25) is 4.79 Å². The number of pyridine rings is 1. The standard InChI is InChI=1S/C25H20F4N6O/c26-16-4-1-3-14(11-16)13-35-19(12-15-6-7-20(25(27,28)29)33-21(15)35)24(36)32-18-8-10-34-22-17(31-23(18)34)5-2-9-30-22/h1,3-4,6-8,11-12,30H,2,5,9-10,13H2,(H,32,36). The number of alkyl halides is 3. The molecule has 0 bridgehead atoms. The van der Waals surface area contributed by atoms with Crippen LogP contribution in [0.4, 0.5) is 23.4 Å². The highest BCUT2D eigenvalue weighted by Gasteiger charge is 2.33. The fraction of sp³-hybridized carbons (Fsp3) is 0.240. The Hall–Kier alpha value is -4.15. The van der Waals surface area contributed by atoms with Crippen molar-refractivity contribution >= 4 is 28.5 Å². The molecule has 1 amide bonds. The number of rotatable bonds is 4. The first-order valence-corrected chi connectivity index (χ1v) is 11.4. The first-order valence-electron chi connectivity index (χ1n) is 11.4. The summed E-state index contributed by atoms with van der Waals surface area (Å²) in [5.74, 6) is 0.569. The fourth-order valence-corrected chi connectivity index (χ4v) is 4.74. The lowest BCUT2D eigenvalue weighted by atomic mass is 10.2. The predicted molar refractivity (Wildman–Crippen MR) is 125 cm³/mol. The van der Waals surface area contributed by atoms with Crippen LogP contribution in [-0.2, 0) is 25.7 Å². The van der Waals surface area contributed by atoms with Gasteiger partial charge in [0.05, 0.1) is 11.4 Å². The molecule has 7 nitrogen and oxygen atoms in total. The zero-order valence-electron chi connectivity index (χ0n) is 18.9. The first kappa shape index (κ1) is 22.3. The van der Waals surface area contributed by atoms with Crippen LogP contribution in [0.2, 0.25) is 0 Å². The Morgan fingerprint density at radius 3 is 2.81 bits per heavy atom. The van der Waals surface area contributed by atoms with E-state index in [9.17, 15) is 22.4 Å². The largest absolute Gasteiger partial charge is 0.433 e. The van der Waals surface area contributed by atoms with E-state index in [4.69, 9.17) is 0 Å². The average Bonchev–Trinajstić information content (AvgIpc) is 3.51. The second-order valence-electron chi connectivity index (χ2n) is 8.80. The van der Waals surface area contributed by atoms with Crippen molar-refractivity contribution < 1.29 is 22.4 Å². The summed E-state index contributed by atoms with van der Waals surface area (Å²) >= 11 is 0. The molecule has 4 aromatic rings. The quantitative estimate of drug-likeness (QED) is 0.406. The van der Waals surface area contributed by atoms with Crippen molar-refractivity contribution in [1.29, 1.82) is 0 Å². The minimum absolute atomic E-state index is 0.0131. The van der Waals surface area contributed by atoms with Crippen molar-refractivity contribution in [3.05, 3.63) is 82.8 Å². The molecule has 0 spiro atoms. The number of aryl methyl sites for hydroxylation is 1. The number of nitrogens with one attached hydrogen (secondary N) is 2. The summed E-state index contributed by atoms with van der Waals surface area (Å²) in [6.07, 6.45) is -0.986. The summed E-state index contributed by atoms with van der Waals surface area (Å²) in [6, 6.07) is 9.34. The Labute approximate surface area is 202 Å². The van der Waals surface area contributed by atoms with Gasteiger partial charge in [0.15, 0.2) is 5.82 Å². The Morgan fingerprint density at radius 1 is 1.14 bits per heavy atom. The second-order valence-corrected chi connectivity index (χ2v) is 8.80. The maximum atomic E-state index is 13.8. The number of amides is 1. The van der Waals surface area contributed by atoms with Gasteiger partial charge in [-0.05, 0) is 54.8 Å². The Bertz CT molecular complexity index is 1550.